The number of amides is 2. The number of rotatable bonds is 4. The Morgan fingerprint density at radius 1 is 1.12 bits per heavy atom. The van der Waals surface area contributed by atoms with Crippen LogP contribution in [0.1, 0.15) is 59.3 Å². The van der Waals surface area contributed by atoms with Crippen molar-refractivity contribution in [1.82, 2.24) is 0 Å². The highest BCUT2D eigenvalue weighted by molar-refractivity contribution is 5.97. The third-order valence-electron chi connectivity index (χ3n) is 4.09. The molecule has 1 aliphatic rings. The van der Waals surface area contributed by atoms with Gasteiger partial charge in [-0.1, -0.05) is 19.3 Å². The maximum absolute atomic E-state index is 13.6. The van der Waals surface area contributed by atoms with Gasteiger partial charge in [0, 0.05) is 6.42 Å². The highest BCUT2D eigenvalue weighted by atomic mass is 19.1. The molecule has 138 valence electrons. The number of hydrogen-bond donors (Lipinski definition) is 2. The summed E-state index contributed by atoms with van der Waals surface area (Å²) < 4.78 is 18.8. The van der Waals surface area contributed by atoms with Crippen molar-refractivity contribution < 1.29 is 18.7 Å². The van der Waals surface area contributed by atoms with E-state index in [1.54, 1.807) is 20.8 Å². The first-order chi connectivity index (χ1) is 11.7. The monoisotopic (exact) mass is 350 g/mol. The molecule has 1 aromatic rings. The molecule has 2 N–H and O–H groups in total. The zero-order valence-electron chi connectivity index (χ0n) is 15.2. The minimum Gasteiger partial charge on any atom is -0.444 e. The lowest BCUT2D eigenvalue weighted by Crippen LogP contribution is -2.27. The Morgan fingerprint density at radius 3 is 2.44 bits per heavy atom. The van der Waals surface area contributed by atoms with Crippen LogP contribution in [0, 0.1) is 11.7 Å². The molecule has 2 rings (SSSR count). The molecular formula is C19H27FN2O3. The number of halogens is 1. The number of benzene rings is 1. The summed E-state index contributed by atoms with van der Waals surface area (Å²) in [6, 6.07) is 3.84. The van der Waals surface area contributed by atoms with Gasteiger partial charge in [0.25, 0.3) is 0 Å². The topological polar surface area (TPSA) is 67.4 Å². The molecule has 25 heavy (non-hydrogen) atoms. The van der Waals surface area contributed by atoms with Crippen LogP contribution in [0.15, 0.2) is 18.2 Å². The molecular weight excluding hydrogens is 323 g/mol. The van der Waals surface area contributed by atoms with Crippen LogP contribution in [0.25, 0.3) is 0 Å². The summed E-state index contributed by atoms with van der Waals surface area (Å²) in [5.41, 5.74) is -0.0894. The summed E-state index contributed by atoms with van der Waals surface area (Å²) >= 11 is 0. The summed E-state index contributed by atoms with van der Waals surface area (Å²) in [6.45, 7) is 5.26. The fourth-order valence-electron chi connectivity index (χ4n) is 3.00. The van der Waals surface area contributed by atoms with E-state index < -0.39 is 17.5 Å². The normalized spacial score (nSPS) is 15.5. The summed E-state index contributed by atoms with van der Waals surface area (Å²) in [5, 5.41) is 5.28. The van der Waals surface area contributed by atoms with E-state index in [9.17, 15) is 14.0 Å². The van der Waals surface area contributed by atoms with Gasteiger partial charge in [0.1, 0.15) is 11.4 Å². The first kappa shape index (κ1) is 19.2. The summed E-state index contributed by atoms with van der Waals surface area (Å²) in [7, 11) is 0. The van der Waals surface area contributed by atoms with Crippen LogP contribution in [0.5, 0.6) is 0 Å². The highest BCUT2D eigenvalue weighted by Crippen LogP contribution is 2.28. The molecule has 0 aliphatic heterocycles. The van der Waals surface area contributed by atoms with Crippen LogP contribution in [0.4, 0.5) is 20.6 Å². The Hall–Kier alpha value is -2.11. The van der Waals surface area contributed by atoms with E-state index in [-0.39, 0.29) is 11.6 Å². The van der Waals surface area contributed by atoms with Crippen molar-refractivity contribution in [2.45, 2.75) is 64.9 Å². The van der Waals surface area contributed by atoms with Crippen LogP contribution in [-0.2, 0) is 9.53 Å². The molecule has 0 spiro atoms. The molecule has 1 fully saturated rings. The van der Waals surface area contributed by atoms with Gasteiger partial charge in [-0.05, 0) is 57.7 Å². The number of carbonyl (C=O) groups excluding carboxylic acids is 2. The zero-order chi connectivity index (χ0) is 18.4. The lowest BCUT2D eigenvalue weighted by atomic mass is 9.87. The number of ether oxygens (including phenoxy) is 1. The average molecular weight is 350 g/mol. The smallest absolute Gasteiger partial charge is 0.412 e. The Morgan fingerprint density at radius 2 is 1.80 bits per heavy atom. The van der Waals surface area contributed by atoms with Crippen LogP contribution in [-0.4, -0.2) is 17.6 Å². The Bertz CT molecular complexity index is 620. The van der Waals surface area contributed by atoms with Crippen molar-refractivity contribution in [2.24, 2.45) is 5.92 Å². The van der Waals surface area contributed by atoms with Crippen molar-refractivity contribution in [3.05, 3.63) is 24.0 Å². The van der Waals surface area contributed by atoms with Crippen LogP contribution >= 0.6 is 0 Å². The molecule has 0 atom stereocenters. The molecule has 6 heteroatoms. The number of anilines is 2. The molecule has 0 heterocycles. The van der Waals surface area contributed by atoms with E-state index in [4.69, 9.17) is 4.74 Å². The maximum atomic E-state index is 13.6. The van der Waals surface area contributed by atoms with Crippen molar-refractivity contribution in [1.29, 1.82) is 0 Å². The van der Waals surface area contributed by atoms with Gasteiger partial charge in [0.15, 0.2) is 0 Å². The van der Waals surface area contributed by atoms with E-state index in [0.717, 1.165) is 25.7 Å². The fraction of sp³-hybridized carbons (Fsp3) is 0.579. The van der Waals surface area contributed by atoms with Crippen LogP contribution in [0.2, 0.25) is 0 Å². The molecule has 1 saturated carbocycles. The fourth-order valence-corrected chi connectivity index (χ4v) is 3.00. The summed E-state index contributed by atoms with van der Waals surface area (Å²) in [4.78, 5) is 24.2. The third kappa shape index (κ3) is 6.72. The van der Waals surface area contributed by atoms with Gasteiger partial charge in [-0.25, -0.2) is 9.18 Å². The van der Waals surface area contributed by atoms with Gasteiger partial charge in [-0.15, -0.1) is 0 Å². The lowest BCUT2D eigenvalue weighted by Gasteiger charge is -2.22. The molecule has 0 radical (unpaired) electrons. The molecule has 1 aliphatic carbocycles. The second-order valence-corrected chi connectivity index (χ2v) is 7.57. The number of carbonyl (C=O) groups is 2. The number of hydrogen-bond acceptors (Lipinski definition) is 3. The Balaban J connectivity index is 2.02. The largest absolute Gasteiger partial charge is 0.444 e. The molecule has 1 aromatic carbocycles. The quantitative estimate of drug-likeness (QED) is 0.795. The maximum Gasteiger partial charge on any atom is 0.412 e. The highest BCUT2D eigenvalue weighted by Gasteiger charge is 2.20. The lowest BCUT2D eigenvalue weighted by molar-refractivity contribution is -0.117. The van der Waals surface area contributed by atoms with E-state index in [2.05, 4.69) is 10.6 Å². The molecule has 0 bridgehead atoms. The first-order valence-electron chi connectivity index (χ1n) is 8.82. The van der Waals surface area contributed by atoms with Gasteiger partial charge in [0.05, 0.1) is 11.4 Å². The number of nitrogens with one attached hydrogen (secondary N) is 2. The summed E-state index contributed by atoms with van der Waals surface area (Å²) in [6.07, 6.45) is 5.42. The van der Waals surface area contributed by atoms with E-state index >= 15 is 0 Å². The average Bonchev–Trinajstić information content (AvgIpc) is 2.49. The Kier molecular flexibility index (Phi) is 6.39. The van der Waals surface area contributed by atoms with Gasteiger partial charge in [-0.2, -0.15) is 0 Å². The van der Waals surface area contributed by atoms with Crippen molar-refractivity contribution in [3.8, 4) is 0 Å². The van der Waals surface area contributed by atoms with Gasteiger partial charge >= 0.3 is 6.09 Å². The van der Waals surface area contributed by atoms with Gasteiger partial charge in [0.2, 0.25) is 5.91 Å². The molecule has 2 amide bonds. The summed E-state index contributed by atoms with van der Waals surface area (Å²) in [5.74, 6) is -0.267. The molecule has 0 saturated heterocycles. The Labute approximate surface area is 148 Å². The van der Waals surface area contributed by atoms with Gasteiger partial charge in [-0.3, -0.25) is 10.1 Å². The van der Waals surface area contributed by atoms with Crippen molar-refractivity contribution in [3.63, 3.8) is 0 Å². The predicted molar refractivity (Wildman–Crippen MR) is 96.1 cm³/mol. The minimum atomic E-state index is -0.651. The molecule has 0 aromatic heterocycles. The second-order valence-electron chi connectivity index (χ2n) is 7.57. The molecule has 0 unspecified atom stereocenters. The SMILES string of the molecule is CC(C)(C)OC(=O)Nc1ccc(F)cc1NC(=O)CC1CCCCC1. The van der Waals surface area contributed by atoms with E-state index in [0.29, 0.717) is 18.0 Å². The standard InChI is InChI=1S/C19H27FN2O3/c1-19(2,3)25-18(24)22-15-10-9-14(20)12-16(15)21-17(23)11-13-7-5-4-6-8-13/h9-10,12-13H,4-8,11H2,1-3H3,(H,21,23)(H,22,24). The third-order valence-corrected chi connectivity index (χ3v) is 4.09. The van der Waals surface area contributed by atoms with Crippen LogP contribution in [0.3, 0.4) is 0 Å². The van der Waals surface area contributed by atoms with E-state index in [1.807, 2.05) is 0 Å². The van der Waals surface area contributed by atoms with Crippen molar-refractivity contribution >= 4 is 23.4 Å². The minimum absolute atomic E-state index is 0.162. The van der Waals surface area contributed by atoms with Crippen LogP contribution < -0.4 is 10.6 Å². The first-order valence-corrected chi connectivity index (χ1v) is 8.82. The predicted octanol–water partition coefficient (Wildman–Crippen LogP) is 5.08. The van der Waals surface area contributed by atoms with Crippen molar-refractivity contribution in [2.75, 3.05) is 10.6 Å². The zero-order valence-corrected chi connectivity index (χ0v) is 15.2. The van der Waals surface area contributed by atoms with E-state index in [1.165, 1.54) is 24.6 Å². The van der Waals surface area contributed by atoms with Gasteiger partial charge < -0.3 is 10.1 Å². The second kappa shape index (κ2) is 8.32. The molecule has 5 nitrogen and oxygen atoms in total.